The fraction of sp³-hybridized carbons (Fsp3) is 0.258. The number of halogens is 1. The van der Waals surface area contributed by atoms with Crippen molar-refractivity contribution in [2.75, 3.05) is 51.6 Å². The van der Waals surface area contributed by atoms with Crippen molar-refractivity contribution in [3.05, 3.63) is 88.4 Å². The first kappa shape index (κ1) is 31.5. The lowest BCUT2D eigenvalue weighted by Crippen LogP contribution is -2.37. The molecule has 1 saturated heterocycles. The number of benzene rings is 3. The summed E-state index contributed by atoms with van der Waals surface area (Å²) in [5, 5.41) is 17.0. The Morgan fingerprint density at radius 1 is 1.16 bits per heavy atom. The molecule has 1 aliphatic rings. The predicted octanol–water partition coefficient (Wildman–Crippen LogP) is 5.27. The second-order valence-corrected chi connectivity index (χ2v) is 10.3. The number of fused-ring (bicyclic) bond motifs is 1. The minimum absolute atomic E-state index is 0.0702. The number of ether oxygens (including phenoxy) is 4. The molecule has 0 aliphatic carbocycles. The number of morpholine rings is 1. The van der Waals surface area contributed by atoms with Gasteiger partial charge in [-0.3, -0.25) is 20.0 Å². The zero-order valence-electron chi connectivity index (χ0n) is 24.4. The van der Waals surface area contributed by atoms with Crippen LogP contribution in [0.4, 0.5) is 15.8 Å². The van der Waals surface area contributed by atoms with Gasteiger partial charge in [0.1, 0.15) is 5.75 Å². The van der Waals surface area contributed by atoms with Crippen molar-refractivity contribution < 1.29 is 28.3 Å². The number of pyridine rings is 1. The topological polar surface area (TPSA) is 138 Å². The molecule has 2 heterocycles. The van der Waals surface area contributed by atoms with E-state index in [0.29, 0.717) is 34.8 Å². The van der Waals surface area contributed by atoms with Crippen LogP contribution in [-0.2, 0) is 4.74 Å². The number of anilines is 1. The Bertz CT molecular complexity index is 1720. The second-order valence-electron chi connectivity index (χ2n) is 9.91. The maximum Gasteiger partial charge on any atom is 0.278 e. The first-order valence-corrected chi connectivity index (χ1v) is 14.5. The molecule has 0 saturated carbocycles. The van der Waals surface area contributed by atoms with Crippen LogP contribution in [-0.4, -0.2) is 72.7 Å². The zero-order chi connectivity index (χ0) is 31.8. The van der Waals surface area contributed by atoms with E-state index in [-0.39, 0.29) is 27.8 Å². The minimum atomic E-state index is -0.716. The monoisotopic (exact) mass is 634 g/mol. The Morgan fingerprint density at radius 2 is 1.96 bits per heavy atom. The van der Waals surface area contributed by atoms with E-state index in [0.717, 1.165) is 50.3 Å². The van der Waals surface area contributed by atoms with Crippen LogP contribution in [0, 0.1) is 15.9 Å². The number of para-hydroxylation sites is 1. The van der Waals surface area contributed by atoms with E-state index in [1.54, 1.807) is 43.6 Å². The third-order valence-corrected chi connectivity index (χ3v) is 7.17. The van der Waals surface area contributed by atoms with E-state index in [1.807, 2.05) is 0 Å². The molecule has 5 rings (SSSR count). The maximum atomic E-state index is 15.4. The molecule has 1 aliphatic heterocycles. The van der Waals surface area contributed by atoms with Gasteiger partial charge in [-0.2, -0.15) is 5.10 Å². The van der Waals surface area contributed by atoms with E-state index < -0.39 is 10.7 Å². The standard InChI is InChI=1S/C31H31FN6O6S/c1-41-29-18-23-25(19-30(29)43-14-4-11-36-12-15-42-16-13-36)34-10-9-27(23)44-28-8-7-22(17-24(28)32)37(31(33)45)35-20-21-5-2-3-6-26(21)38(39)40/h2-3,5-10,17-20H,4,11-16H2,1H3,(H2,33,45). The predicted molar refractivity (Wildman–Crippen MR) is 172 cm³/mol. The molecule has 0 amide bonds. The summed E-state index contributed by atoms with van der Waals surface area (Å²) in [5.74, 6) is 0.605. The van der Waals surface area contributed by atoms with Crippen molar-refractivity contribution in [3.63, 3.8) is 0 Å². The minimum Gasteiger partial charge on any atom is -0.493 e. The van der Waals surface area contributed by atoms with Crippen molar-refractivity contribution in [2.45, 2.75) is 6.42 Å². The lowest BCUT2D eigenvalue weighted by molar-refractivity contribution is -0.385. The molecule has 0 bridgehead atoms. The number of aromatic nitrogens is 1. The van der Waals surface area contributed by atoms with Gasteiger partial charge in [-0.05, 0) is 49.0 Å². The summed E-state index contributed by atoms with van der Waals surface area (Å²) < 4.78 is 38.3. The highest BCUT2D eigenvalue weighted by molar-refractivity contribution is 7.80. The number of methoxy groups -OCH3 is 1. The maximum absolute atomic E-state index is 15.4. The SMILES string of the molecule is COc1cc2c(Oc3ccc(N(N=Cc4ccccc4[N+](=O)[O-])C(N)=S)cc3F)ccnc2cc1OCCCN1CCOCC1. The van der Waals surface area contributed by atoms with E-state index in [4.69, 9.17) is 36.9 Å². The third-order valence-electron chi connectivity index (χ3n) is 7.00. The van der Waals surface area contributed by atoms with E-state index in [9.17, 15) is 10.1 Å². The highest BCUT2D eigenvalue weighted by atomic mass is 32.1. The fourth-order valence-corrected chi connectivity index (χ4v) is 4.89. The lowest BCUT2D eigenvalue weighted by atomic mass is 10.1. The molecular weight excluding hydrogens is 603 g/mol. The van der Waals surface area contributed by atoms with E-state index >= 15 is 4.39 Å². The summed E-state index contributed by atoms with van der Waals surface area (Å²) in [5.41, 5.74) is 6.69. The fourth-order valence-electron chi connectivity index (χ4n) is 4.74. The molecule has 0 atom stereocenters. The second kappa shape index (κ2) is 14.7. The number of hydrazone groups is 1. The van der Waals surface area contributed by atoms with Gasteiger partial charge in [-0.15, -0.1) is 0 Å². The van der Waals surface area contributed by atoms with Crippen LogP contribution in [0.25, 0.3) is 10.9 Å². The quantitative estimate of drug-likeness (QED) is 0.0717. The molecule has 234 valence electrons. The number of thiocarbonyl (C=S) groups is 1. The van der Waals surface area contributed by atoms with Crippen LogP contribution >= 0.6 is 12.2 Å². The summed E-state index contributed by atoms with van der Waals surface area (Å²) in [6.45, 7) is 4.76. The Balaban J connectivity index is 1.32. The molecule has 1 aromatic heterocycles. The molecule has 45 heavy (non-hydrogen) atoms. The number of hydrogen-bond donors (Lipinski definition) is 1. The van der Waals surface area contributed by atoms with E-state index in [1.165, 1.54) is 30.5 Å². The molecule has 12 nitrogen and oxygen atoms in total. The summed E-state index contributed by atoms with van der Waals surface area (Å²) in [6.07, 6.45) is 3.64. The van der Waals surface area contributed by atoms with Gasteiger partial charge in [0.15, 0.2) is 28.2 Å². The summed E-state index contributed by atoms with van der Waals surface area (Å²) in [7, 11) is 1.54. The van der Waals surface area contributed by atoms with Crippen LogP contribution in [0.2, 0.25) is 0 Å². The van der Waals surface area contributed by atoms with E-state index in [2.05, 4.69) is 15.0 Å². The van der Waals surface area contributed by atoms with Gasteiger partial charge in [-0.25, -0.2) is 9.40 Å². The van der Waals surface area contributed by atoms with Crippen LogP contribution < -0.4 is 25.0 Å². The molecule has 14 heteroatoms. The van der Waals surface area contributed by atoms with Crippen molar-refractivity contribution in [2.24, 2.45) is 10.8 Å². The Hall–Kier alpha value is -4.92. The first-order valence-electron chi connectivity index (χ1n) is 14.1. The zero-order valence-corrected chi connectivity index (χ0v) is 25.2. The lowest BCUT2D eigenvalue weighted by Gasteiger charge is -2.26. The van der Waals surface area contributed by atoms with Crippen LogP contribution in [0.15, 0.2) is 72.0 Å². The van der Waals surface area contributed by atoms with Gasteiger partial charge in [0.2, 0.25) is 0 Å². The number of rotatable bonds is 12. The molecule has 0 unspecified atom stereocenters. The van der Waals surface area contributed by atoms with Gasteiger partial charge >= 0.3 is 0 Å². The van der Waals surface area contributed by atoms with Gasteiger partial charge in [0, 0.05) is 49.4 Å². The molecule has 2 N–H and O–H groups in total. The normalized spacial score (nSPS) is 13.6. The molecular formula is C31H31FN6O6S. The Labute approximate surface area is 263 Å². The largest absolute Gasteiger partial charge is 0.493 e. The van der Waals surface area contributed by atoms with Gasteiger partial charge < -0.3 is 24.7 Å². The molecule has 0 spiro atoms. The van der Waals surface area contributed by atoms with Gasteiger partial charge in [-0.1, -0.05) is 12.1 Å². The van der Waals surface area contributed by atoms with Crippen LogP contribution in [0.1, 0.15) is 12.0 Å². The summed E-state index contributed by atoms with van der Waals surface area (Å²) in [6, 6.07) is 15.2. The highest BCUT2D eigenvalue weighted by Crippen LogP contribution is 2.38. The van der Waals surface area contributed by atoms with Crippen LogP contribution in [0.5, 0.6) is 23.0 Å². The van der Waals surface area contributed by atoms with Crippen molar-refractivity contribution in [3.8, 4) is 23.0 Å². The van der Waals surface area contributed by atoms with Crippen molar-refractivity contribution >= 4 is 45.8 Å². The summed E-state index contributed by atoms with van der Waals surface area (Å²) >= 11 is 5.10. The van der Waals surface area contributed by atoms with Gasteiger partial charge in [0.25, 0.3) is 5.69 Å². The average Bonchev–Trinajstić information content (AvgIpc) is 3.04. The number of hydrogen-bond acceptors (Lipinski definition) is 10. The third kappa shape index (κ3) is 7.78. The number of nitrogens with two attached hydrogens (primary N) is 1. The summed E-state index contributed by atoms with van der Waals surface area (Å²) in [4.78, 5) is 17.6. The molecule has 3 aromatic carbocycles. The van der Waals surface area contributed by atoms with Crippen molar-refractivity contribution in [1.29, 1.82) is 0 Å². The smallest absolute Gasteiger partial charge is 0.278 e. The highest BCUT2D eigenvalue weighted by Gasteiger charge is 2.17. The first-order chi connectivity index (χ1) is 21.8. The molecule has 0 radical (unpaired) electrons. The van der Waals surface area contributed by atoms with Crippen LogP contribution in [0.3, 0.4) is 0 Å². The number of nitro groups is 1. The van der Waals surface area contributed by atoms with Crippen molar-refractivity contribution in [1.82, 2.24) is 9.88 Å². The van der Waals surface area contributed by atoms with Gasteiger partial charge in [0.05, 0.1) is 54.8 Å². The molecule has 1 fully saturated rings. The Morgan fingerprint density at radius 3 is 2.69 bits per heavy atom. The number of nitro benzene ring substituents is 1. The molecule has 4 aromatic rings. The average molecular weight is 635 g/mol. The Kier molecular flexibility index (Phi) is 10.3. The number of nitrogens with zero attached hydrogens (tertiary/aromatic N) is 5.